The monoisotopic (exact) mass is 237 g/mol. The molecule has 0 amide bonds. The quantitative estimate of drug-likeness (QED) is 0.857. The number of hydrogen-bond donors (Lipinski definition) is 1. The maximum Gasteiger partial charge on any atom is 0.0409 e. The van der Waals surface area contributed by atoms with Crippen LogP contribution in [0.25, 0.3) is 10.4 Å². The van der Waals surface area contributed by atoms with E-state index in [0.29, 0.717) is 0 Å². The fourth-order valence-electron chi connectivity index (χ4n) is 1.57. The van der Waals surface area contributed by atoms with Gasteiger partial charge in [-0.2, -0.15) is 0 Å². The summed E-state index contributed by atoms with van der Waals surface area (Å²) in [5, 5.41) is 6.04. The molecule has 2 aromatic rings. The van der Waals surface area contributed by atoms with E-state index in [0.717, 1.165) is 11.6 Å². The van der Waals surface area contributed by atoms with Gasteiger partial charge in [-0.15, -0.1) is 11.3 Å². The van der Waals surface area contributed by atoms with Crippen molar-refractivity contribution in [2.75, 3.05) is 7.05 Å². The smallest absolute Gasteiger partial charge is 0.0409 e. The van der Waals surface area contributed by atoms with Crippen molar-refractivity contribution in [1.82, 2.24) is 5.32 Å². The van der Waals surface area contributed by atoms with Crippen LogP contribution in [0.5, 0.6) is 0 Å². The minimum Gasteiger partial charge on any atom is -0.316 e. The van der Waals surface area contributed by atoms with Crippen molar-refractivity contribution in [3.8, 4) is 10.4 Å². The zero-order valence-corrected chi connectivity index (χ0v) is 10.0. The van der Waals surface area contributed by atoms with E-state index in [-0.39, 0.29) is 0 Å². The summed E-state index contributed by atoms with van der Waals surface area (Å²) in [4.78, 5) is 1.29. The Morgan fingerprint density at radius 1 is 1.33 bits per heavy atom. The van der Waals surface area contributed by atoms with E-state index in [1.54, 1.807) is 11.3 Å². The highest BCUT2D eigenvalue weighted by atomic mass is 35.5. The first kappa shape index (κ1) is 10.7. The summed E-state index contributed by atoms with van der Waals surface area (Å²) >= 11 is 7.74. The van der Waals surface area contributed by atoms with Crippen molar-refractivity contribution in [2.45, 2.75) is 6.54 Å². The molecule has 15 heavy (non-hydrogen) atoms. The lowest BCUT2D eigenvalue weighted by molar-refractivity contribution is 0.820. The average molecular weight is 238 g/mol. The Hall–Kier alpha value is -0.830. The molecule has 1 heterocycles. The maximum absolute atomic E-state index is 5.99. The van der Waals surface area contributed by atoms with E-state index in [9.17, 15) is 0 Å². The standard InChI is InChI=1S/C12H12ClNS/c1-14-8-9-7-10(13)4-5-11(9)12-3-2-6-15-12/h2-7,14H,8H2,1H3. The van der Waals surface area contributed by atoms with Gasteiger partial charge in [0.1, 0.15) is 0 Å². The van der Waals surface area contributed by atoms with Crippen LogP contribution < -0.4 is 5.32 Å². The molecule has 0 aliphatic carbocycles. The molecule has 1 aromatic heterocycles. The number of thiophene rings is 1. The molecule has 0 unspecified atom stereocenters. The summed E-state index contributed by atoms with van der Waals surface area (Å²) in [6.07, 6.45) is 0. The van der Waals surface area contributed by atoms with Crippen LogP contribution in [0.4, 0.5) is 0 Å². The topological polar surface area (TPSA) is 12.0 Å². The van der Waals surface area contributed by atoms with Crippen LogP contribution in [0.1, 0.15) is 5.56 Å². The Balaban J connectivity index is 2.46. The molecule has 1 aromatic carbocycles. The normalized spacial score (nSPS) is 10.5. The van der Waals surface area contributed by atoms with E-state index >= 15 is 0 Å². The Kier molecular flexibility index (Phi) is 3.41. The lowest BCUT2D eigenvalue weighted by atomic mass is 10.1. The average Bonchev–Trinajstić information content (AvgIpc) is 2.71. The van der Waals surface area contributed by atoms with Crippen molar-refractivity contribution in [3.05, 3.63) is 46.3 Å². The van der Waals surface area contributed by atoms with Crippen LogP contribution in [0, 0.1) is 0 Å². The zero-order valence-electron chi connectivity index (χ0n) is 8.46. The first-order valence-corrected chi connectivity index (χ1v) is 6.04. The Morgan fingerprint density at radius 2 is 2.20 bits per heavy atom. The Bertz CT molecular complexity index is 437. The van der Waals surface area contributed by atoms with Gasteiger partial charge in [0, 0.05) is 16.4 Å². The molecule has 1 N–H and O–H groups in total. The highest BCUT2D eigenvalue weighted by Gasteiger charge is 2.05. The van der Waals surface area contributed by atoms with Crippen molar-refractivity contribution in [3.63, 3.8) is 0 Å². The Morgan fingerprint density at radius 3 is 2.87 bits per heavy atom. The maximum atomic E-state index is 5.99. The fraction of sp³-hybridized carbons (Fsp3) is 0.167. The second-order valence-corrected chi connectivity index (χ2v) is 4.69. The third kappa shape index (κ3) is 2.40. The number of benzene rings is 1. The highest BCUT2D eigenvalue weighted by Crippen LogP contribution is 2.29. The van der Waals surface area contributed by atoms with Crippen LogP contribution in [-0.4, -0.2) is 7.05 Å². The first-order valence-electron chi connectivity index (χ1n) is 4.78. The largest absolute Gasteiger partial charge is 0.316 e. The molecule has 0 fully saturated rings. The van der Waals surface area contributed by atoms with Crippen molar-refractivity contribution in [2.24, 2.45) is 0 Å². The summed E-state index contributed by atoms with van der Waals surface area (Å²) < 4.78 is 0. The van der Waals surface area contributed by atoms with Gasteiger partial charge >= 0.3 is 0 Å². The van der Waals surface area contributed by atoms with Crippen LogP contribution in [-0.2, 0) is 6.54 Å². The molecule has 2 rings (SSSR count). The van der Waals surface area contributed by atoms with Gasteiger partial charge in [-0.25, -0.2) is 0 Å². The lowest BCUT2D eigenvalue weighted by Gasteiger charge is -2.07. The van der Waals surface area contributed by atoms with Gasteiger partial charge in [-0.05, 0) is 41.8 Å². The molecule has 3 heteroatoms. The number of halogens is 1. The van der Waals surface area contributed by atoms with Gasteiger partial charge < -0.3 is 5.32 Å². The summed E-state index contributed by atoms with van der Waals surface area (Å²) in [6.45, 7) is 0.841. The summed E-state index contributed by atoms with van der Waals surface area (Å²) in [7, 11) is 1.94. The van der Waals surface area contributed by atoms with Crippen LogP contribution in [0.15, 0.2) is 35.7 Å². The molecule has 0 spiro atoms. The number of hydrogen-bond acceptors (Lipinski definition) is 2. The number of rotatable bonds is 3. The minimum atomic E-state index is 0.792. The highest BCUT2D eigenvalue weighted by molar-refractivity contribution is 7.13. The van der Waals surface area contributed by atoms with Crippen molar-refractivity contribution < 1.29 is 0 Å². The van der Waals surface area contributed by atoms with Gasteiger partial charge in [0.15, 0.2) is 0 Å². The molecule has 0 aliphatic heterocycles. The predicted molar refractivity (Wildman–Crippen MR) is 67.5 cm³/mol. The van der Waals surface area contributed by atoms with Gasteiger partial charge in [0.2, 0.25) is 0 Å². The van der Waals surface area contributed by atoms with Crippen LogP contribution in [0.2, 0.25) is 5.02 Å². The van der Waals surface area contributed by atoms with Crippen molar-refractivity contribution in [1.29, 1.82) is 0 Å². The van der Waals surface area contributed by atoms with E-state index in [1.165, 1.54) is 16.0 Å². The predicted octanol–water partition coefficient (Wildman–Crippen LogP) is 3.79. The molecule has 0 saturated heterocycles. The minimum absolute atomic E-state index is 0.792. The van der Waals surface area contributed by atoms with E-state index in [4.69, 9.17) is 11.6 Å². The molecule has 0 bridgehead atoms. The third-order valence-corrected chi connectivity index (χ3v) is 3.36. The summed E-state index contributed by atoms with van der Waals surface area (Å²) in [6, 6.07) is 10.2. The van der Waals surface area contributed by atoms with Gasteiger partial charge in [0.25, 0.3) is 0 Å². The summed E-state index contributed by atoms with van der Waals surface area (Å²) in [5.74, 6) is 0. The van der Waals surface area contributed by atoms with Gasteiger partial charge in [-0.3, -0.25) is 0 Å². The molecule has 0 radical (unpaired) electrons. The van der Waals surface area contributed by atoms with Crippen molar-refractivity contribution >= 4 is 22.9 Å². The van der Waals surface area contributed by atoms with E-state index in [1.807, 2.05) is 19.2 Å². The van der Waals surface area contributed by atoms with Crippen LogP contribution >= 0.6 is 22.9 Å². The second kappa shape index (κ2) is 4.79. The van der Waals surface area contributed by atoms with Gasteiger partial charge in [-0.1, -0.05) is 23.7 Å². The lowest BCUT2D eigenvalue weighted by Crippen LogP contribution is -2.06. The first-order chi connectivity index (χ1) is 7.31. The zero-order chi connectivity index (χ0) is 10.7. The molecule has 0 atom stereocenters. The second-order valence-electron chi connectivity index (χ2n) is 3.31. The molecular formula is C12H12ClNS. The summed E-state index contributed by atoms with van der Waals surface area (Å²) in [5.41, 5.74) is 2.51. The third-order valence-electron chi connectivity index (χ3n) is 2.22. The SMILES string of the molecule is CNCc1cc(Cl)ccc1-c1cccs1. The molecule has 78 valence electrons. The van der Waals surface area contributed by atoms with E-state index < -0.39 is 0 Å². The van der Waals surface area contributed by atoms with E-state index in [2.05, 4.69) is 28.9 Å². The molecule has 1 nitrogen and oxygen atoms in total. The van der Waals surface area contributed by atoms with Gasteiger partial charge in [0.05, 0.1) is 0 Å². The van der Waals surface area contributed by atoms with Crippen LogP contribution in [0.3, 0.4) is 0 Å². The molecule has 0 aliphatic rings. The molecule has 0 saturated carbocycles. The molecular weight excluding hydrogens is 226 g/mol. The fourth-order valence-corrected chi connectivity index (χ4v) is 2.55. The Labute approximate surface area is 98.7 Å². The number of nitrogens with one attached hydrogen (secondary N) is 1.